The molecule has 1 fully saturated rings. The number of benzene rings is 3. The Kier molecular flexibility index (Phi) is 7.98. The van der Waals surface area contributed by atoms with Crippen LogP contribution in [0.1, 0.15) is 18.1 Å². The van der Waals surface area contributed by atoms with Crippen LogP contribution in [0.5, 0.6) is 11.5 Å². The number of nitrogens with zero attached hydrogens (tertiary/aromatic N) is 2. The summed E-state index contributed by atoms with van der Waals surface area (Å²) >= 11 is 10.9. The Hall–Kier alpha value is -2.74. The van der Waals surface area contributed by atoms with Crippen molar-refractivity contribution < 1.29 is 14.3 Å². The fourth-order valence-electron chi connectivity index (χ4n) is 3.25. The number of ether oxygens (including phenoxy) is 2. The second-order valence-corrected chi connectivity index (χ2v) is 9.66. The summed E-state index contributed by atoms with van der Waals surface area (Å²) in [4.78, 5) is 19.9. The van der Waals surface area contributed by atoms with Gasteiger partial charge in [0.1, 0.15) is 18.1 Å². The molecule has 0 saturated carbocycles. The zero-order chi connectivity index (χ0) is 24.1. The topological polar surface area (TPSA) is 51.1 Å². The fourth-order valence-corrected chi connectivity index (χ4v) is 4.95. The van der Waals surface area contributed by atoms with Gasteiger partial charge in [0.25, 0.3) is 5.91 Å². The third-order valence-corrected chi connectivity index (χ3v) is 6.94. The van der Waals surface area contributed by atoms with Gasteiger partial charge in [0.15, 0.2) is 5.17 Å². The number of likely N-dealkylation sites (N-methyl/N-ethyl adjacent to an activating group) is 1. The highest BCUT2D eigenvalue weighted by Gasteiger charge is 2.32. The van der Waals surface area contributed by atoms with Crippen molar-refractivity contribution in [3.05, 3.63) is 92.3 Å². The number of aliphatic imine (C=N–C) groups is 1. The lowest BCUT2D eigenvalue weighted by atomic mass is 10.2. The van der Waals surface area contributed by atoms with E-state index in [4.69, 9.17) is 21.1 Å². The number of methoxy groups -OCH3 is 1. The number of thioether (sulfide) groups is 1. The first-order valence-corrected chi connectivity index (χ1v) is 12.6. The van der Waals surface area contributed by atoms with E-state index in [9.17, 15) is 4.79 Å². The minimum absolute atomic E-state index is 0.0565. The predicted octanol–water partition coefficient (Wildman–Crippen LogP) is 7.31. The molecule has 34 heavy (non-hydrogen) atoms. The zero-order valence-electron chi connectivity index (χ0n) is 18.6. The van der Waals surface area contributed by atoms with Crippen LogP contribution in [0.2, 0.25) is 5.02 Å². The molecule has 0 aromatic heterocycles. The van der Waals surface area contributed by atoms with Crippen molar-refractivity contribution in [3.8, 4) is 11.5 Å². The van der Waals surface area contributed by atoms with Crippen LogP contribution in [-0.4, -0.2) is 29.6 Å². The smallest absolute Gasteiger partial charge is 0.266 e. The van der Waals surface area contributed by atoms with Crippen LogP contribution in [0.4, 0.5) is 5.69 Å². The van der Waals surface area contributed by atoms with E-state index in [0.29, 0.717) is 28.2 Å². The highest BCUT2D eigenvalue weighted by Crippen LogP contribution is 2.35. The molecule has 0 unspecified atom stereocenters. The Morgan fingerprint density at radius 1 is 1.09 bits per heavy atom. The van der Waals surface area contributed by atoms with E-state index in [1.165, 1.54) is 11.8 Å². The number of carbonyl (C=O) groups is 1. The van der Waals surface area contributed by atoms with Crippen molar-refractivity contribution in [1.82, 2.24) is 4.90 Å². The third kappa shape index (κ3) is 5.84. The van der Waals surface area contributed by atoms with Gasteiger partial charge in [-0.2, -0.15) is 0 Å². The quantitative estimate of drug-likeness (QED) is 0.286. The molecule has 174 valence electrons. The largest absolute Gasteiger partial charge is 0.497 e. The maximum atomic E-state index is 13.0. The lowest BCUT2D eigenvalue weighted by Crippen LogP contribution is -2.28. The average molecular weight is 558 g/mol. The highest BCUT2D eigenvalue weighted by molar-refractivity contribution is 9.10. The summed E-state index contributed by atoms with van der Waals surface area (Å²) in [5, 5.41) is 1.35. The van der Waals surface area contributed by atoms with Crippen molar-refractivity contribution in [2.24, 2.45) is 4.99 Å². The maximum Gasteiger partial charge on any atom is 0.266 e. The first-order valence-electron chi connectivity index (χ1n) is 10.6. The summed E-state index contributed by atoms with van der Waals surface area (Å²) in [7, 11) is 1.62. The molecule has 0 atom stereocenters. The van der Waals surface area contributed by atoms with Gasteiger partial charge >= 0.3 is 0 Å². The summed E-state index contributed by atoms with van der Waals surface area (Å²) < 4.78 is 11.9. The Morgan fingerprint density at radius 2 is 1.82 bits per heavy atom. The second-order valence-electron chi connectivity index (χ2n) is 7.36. The molecule has 1 heterocycles. The minimum Gasteiger partial charge on any atom is -0.497 e. The van der Waals surface area contributed by atoms with Crippen LogP contribution >= 0.6 is 39.3 Å². The third-order valence-electron chi connectivity index (χ3n) is 5.06. The van der Waals surface area contributed by atoms with E-state index in [-0.39, 0.29) is 5.91 Å². The molecule has 1 aliphatic heterocycles. The lowest BCUT2D eigenvalue weighted by molar-refractivity contribution is -0.122. The molecule has 1 aliphatic rings. The maximum absolute atomic E-state index is 13.0. The van der Waals surface area contributed by atoms with Crippen molar-refractivity contribution >= 4 is 62.1 Å². The highest BCUT2D eigenvalue weighted by atomic mass is 79.9. The van der Waals surface area contributed by atoms with E-state index in [1.807, 2.05) is 79.7 Å². The first kappa shape index (κ1) is 24.4. The molecule has 8 heteroatoms. The van der Waals surface area contributed by atoms with Crippen LogP contribution in [0, 0.1) is 0 Å². The van der Waals surface area contributed by atoms with Gasteiger partial charge in [0, 0.05) is 11.6 Å². The monoisotopic (exact) mass is 556 g/mol. The Morgan fingerprint density at radius 3 is 2.47 bits per heavy atom. The van der Waals surface area contributed by atoms with E-state index >= 15 is 0 Å². The summed E-state index contributed by atoms with van der Waals surface area (Å²) in [6, 6.07) is 20.7. The molecule has 3 aromatic carbocycles. The Bertz CT molecular complexity index is 1240. The summed E-state index contributed by atoms with van der Waals surface area (Å²) in [6.45, 7) is 2.91. The summed E-state index contributed by atoms with van der Waals surface area (Å²) in [6.07, 6.45) is 1.87. The van der Waals surface area contributed by atoms with Crippen LogP contribution in [0.3, 0.4) is 0 Å². The van der Waals surface area contributed by atoms with Gasteiger partial charge in [-0.3, -0.25) is 9.69 Å². The van der Waals surface area contributed by atoms with E-state index < -0.39 is 0 Å². The molecule has 0 aliphatic carbocycles. The summed E-state index contributed by atoms with van der Waals surface area (Å²) in [5.74, 6) is 1.43. The molecule has 4 rings (SSSR count). The molecule has 0 bridgehead atoms. The molecular formula is C26H22BrClN2O3S. The second kappa shape index (κ2) is 11.1. The van der Waals surface area contributed by atoms with Crippen LogP contribution in [-0.2, 0) is 11.4 Å². The van der Waals surface area contributed by atoms with Gasteiger partial charge in [0.2, 0.25) is 0 Å². The molecule has 0 radical (unpaired) electrons. The number of hydrogen-bond acceptors (Lipinski definition) is 5. The predicted molar refractivity (Wildman–Crippen MR) is 143 cm³/mol. The fraction of sp³-hybridized carbons (Fsp3) is 0.154. The normalized spacial score (nSPS) is 15.9. The van der Waals surface area contributed by atoms with Crippen molar-refractivity contribution in [1.29, 1.82) is 0 Å². The molecule has 5 nitrogen and oxygen atoms in total. The average Bonchev–Trinajstić information content (AvgIpc) is 3.13. The number of amidine groups is 1. The Balaban J connectivity index is 1.49. The van der Waals surface area contributed by atoms with E-state index in [2.05, 4.69) is 20.9 Å². The molecular weight excluding hydrogens is 536 g/mol. The number of amides is 1. The number of hydrogen-bond donors (Lipinski definition) is 0. The van der Waals surface area contributed by atoms with Crippen LogP contribution in [0.15, 0.2) is 81.1 Å². The number of rotatable bonds is 7. The van der Waals surface area contributed by atoms with E-state index in [1.54, 1.807) is 12.0 Å². The van der Waals surface area contributed by atoms with Crippen molar-refractivity contribution in [3.63, 3.8) is 0 Å². The minimum atomic E-state index is -0.0565. The first-order chi connectivity index (χ1) is 16.5. The van der Waals surface area contributed by atoms with Crippen molar-refractivity contribution in [2.45, 2.75) is 13.5 Å². The Labute approximate surface area is 216 Å². The zero-order valence-corrected chi connectivity index (χ0v) is 21.8. The molecule has 1 amide bonds. The molecule has 0 N–H and O–H groups in total. The van der Waals surface area contributed by atoms with Crippen molar-refractivity contribution in [2.75, 3.05) is 13.7 Å². The molecule has 1 saturated heterocycles. The number of halogens is 2. The van der Waals surface area contributed by atoms with Gasteiger partial charge in [-0.05, 0) is 100 Å². The van der Waals surface area contributed by atoms with Gasteiger partial charge < -0.3 is 9.47 Å². The molecule has 0 spiro atoms. The van der Waals surface area contributed by atoms with Gasteiger partial charge in [0.05, 0.1) is 22.2 Å². The van der Waals surface area contributed by atoms with Crippen LogP contribution < -0.4 is 9.47 Å². The standard InChI is InChI=1S/C26H22BrClN2O3S/c1-3-30-25(31)24(34-26(30)29-20-9-11-21(32-2)12-10-20)15-18-6-13-23(22(27)14-18)33-16-17-4-7-19(28)8-5-17/h4-15H,3,16H2,1-2H3/b24-15+,29-26?. The van der Waals surface area contributed by atoms with Crippen LogP contribution in [0.25, 0.3) is 6.08 Å². The lowest BCUT2D eigenvalue weighted by Gasteiger charge is -2.12. The van der Waals surface area contributed by atoms with Gasteiger partial charge in [-0.25, -0.2) is 4.99 Å². The number of carbonyl (C=O) groups excluding carboxylic acids is 1. The SMILES string of the molecule is CCN1C(=O)/C(=C\c2ccc(OCc3ccc(Cl)cc3)c(Br)c2)SC1=Nc1ccc(OC)cc1. The molecule has 3 aromatic rings. The van der Waals surface area contributed by atoms with E-state index in [0.717, 1.165) is 32.8 Å². The summed E-state index contributed by atoms with van der Waals surface area (Å²) in [5.41, 5.74) is 2.68. The van der Waals surface area contributed by atoms with Gasteiger partial charge in [-0.15, -0.1) is 0 Å². The van der Waals surface area contributed by atoms with Gasteiger partial charge in [-0.1, -0.05) is 29.8 Å².